The number of aliphatic hydroxyl groups is 1. The van der Waals surface area contributed by atoms with Crippen molar-refractivity contribution in [3.63, 3.8) is 0 Å². The number of carbonyl (C=O) groups excluding carboxylic acids is 1. The third-order valence-corrected chi connectivity index (χ3v) is 3.08. The van der Waals surface area contributed by atoms with E-state index in [0.29, 0.717) is 5.76 Å². The molecule has 0 aromatic carbocycles. The van der Waals surface area contributed by atoms with Crippen LogP contribution in [0, 0.1) is 10.1 Å². The van der Waals surface area contributed by atoms with Crippen LogP contribution in [-0.2, 0) is 16.9 Å². The number of nitro groups is 1. The Morgan fingerprint density at radius 1 is 1.64 bits per heavy atom. The molecule has 0 spiro atoms. The van der Waals surface area contributed by atoms with Crippen LogP contribution in [0.5, 0.6) is 0 Å². The molecule has 0 radical (unpaired) electrons. The molecule has 2 aromatic heterocycles. The summed E-state index contributed by atoms with van der Waals surface area (Å²) in [7, 11) is 0. The Hall–Kier alpha value is -2.68. The predicted molar refractivity (Wildman–Crippen MR) is 74.8 cm³/mol. The van der Waals surface area contributed by atoms with E-state index in [2.05, 4.69) is 10.4 Å². The molecule has 0 saturated heterocycles. The second-order valence-electron chi connectivity index (χ2n) is 5.00. The topological polar surface area (TPSA) is 123 Å². The first-order chi connectivity index (χ1) is 10.4. The molecule has 0 fully saturated rings. The molecular formula is C13H16N4O5. The third-order valence-electron chi connectivity index (χ3n) is 3.08. The van der Waals surface area contributed by atoms with Gasteiger partial charge < -0.3 is 14.8 Å². The highest BCUT2D eigenvalue weighted by Gasteiger charge is 2.26. The Kier molecular flexibility index (Phi) is 4.56. The zero-order valence-electron chi connectivity index (χ0n) is 11.9. The Morgan fingerprint density at radius 3 is 3.00 bits per heavy atom. The lowest BCUT2D eigenvalue weighted by atomic mass is 10.0. The molecule has 1 atom stereocenters. The van der Waals surface area contributed by atoms with Crippen LogP contribution in [0.2, 0.25) is 0 Å². The van der Waals surface area contributed by atoms with Gasteiger partial charge in [0.15, 0.2) is 0 Å². The second kappa shape index (κ2) is 6.39. The zero-order chi connectivity index (χ0) is 16.2. The molecule has 2 heterocycles. The van der Waals surface area contributed by atoms with Crippen LogP contribution in [0.15, 0.2) is 35.2 Å². The molecule has 22 heavy (non-hydrogen) atoms. The van der Waals surface area contributed by atoms with E-state index in [0.717, 1.165) is 6.20 Å². The van der Waals surface area contributed by atoms with E-state index in [9.17, 15) is 20.0 Å². The maximum absolute atomic E-state index is 11.7. The number of aryl methyl sites for hydroxylation is 1. The summed E-state index contributed by atoms with van der Waals surface area (Å²) in [6, 6.07) is 3.27. The number of carbonyl (C=O) groups is 1. The van der Waals surface area contributed by atoms with Gasteiger partial charge in [-0.15, -0.1) is 0 Å². The third kappa shape index (κ3) is 3.92. The molecule has 0 saturated carbocycles. The van der Waals surface area contributed by atoms with Crippen molar-refractivity contribution in [1.29, 1.82) is 0 Å². The van der Waals surface area contributed by atoms with Gasteiger partial charge >= 0.3 is 5.69 Å². The SMILES string of the molecule is CC(O)(CNC(=O)CCn1cc([N+](=O)[O-])cn1)c1ccco1. The molecule has 0 aliphatic rings. The number of furan rings is 1. The lowest BCUT2D eigenvalue weighted by Gasteiger charge is -2.21. The first kappa shape index (κ1) is 15.7. The summed E-state index contributed by atoms with van der Waals surface area (Å²) >= 11 is 0. The molecule has 2 N–H and O–H groups in total. The lowest BCUT2D eigenvalue weighted by Crippen LogP contribution is -2.38. The van der Waals surface area contributed by atoms with Gasteiger partial charge in [-0.2, -0.15) is 5.10 Å². The van der Waals surface area contributed by atoms with Gasteiger partial charge in [0, 0.05) is 13.0 Å². The van der Waals surface area contributed by atoms with Crippen molar-refractivity contribution in [1.82, 2.24) is 15.1 Å². The monoisotopic (exact) mass is 308 g/mol. The van der Waals surface area contributed by atoms with Gasteiger partial charge in [0.05, 0.1) is 17.7 Å². The summed E-state index contributed by atoms with van der Waals surface area (Å²) in [6.07, 6.45) is 3.91. The van der Waals surface area contributed by atoms with Gasteiger partial charge in [-0.05, 0) is 19.1 Å². The van der Waals surface area contributed by atoms with Gasteiger partial charge in [-0.25, -0.2) is 0 Å². The van der Waals surface area contributed by atoms with E-state index >= 15 is 0 Å². The van der Waals surface area contributed by atoms with Crippen LogP contribution in [0.4, 0.5) is 5.69 Å². The van der Waals surface area contributed by atoms with Gasteiger partial charge in [0.25, 0.3) is 0 Å². The van der Waals surface area contributed by atoms with Crippen LogP contribution in [-0.4, -0.2) is 32.3 Å². The minimum atomic E-state index is -1.30. The van der Waals surface area contributed by atoms with Crippen molar-refractivity contribution in [2.75, 3.05) is 6.54 Å². The fraction of sp³-hybridized carbons (Fsp3) is 0.385. The van der Waals surface area contributed by atoms with E-state index in [1.165, 1.54) is 24.1 Å². The summed E-state index contributed by atoms with van der Waals surface area (Å²) in [6.45, 7) is 1.74. The van der Waals surface area contributed by atoms with Crippen molar-refractivity contribution in [3.05, 3.63) is 46.7 Å². The van der Waals surface area contributed by atoms with Gasteiger partial charge in [-0.1, -0.05) is 0 Å². The molecule has 118 valence electrons. The number of hydrogen-bond acceptors (Lipinski definition) is 6. The fourth-order valence-electron chi connectivity index (χ4n) is 1.82. The average Bonchev–Trinajstić information content (AvgIpc) is 3.13. The number of hydrogen-bond donors (Lipinski definition) is 2. The minimum absolute atomic E-state index is 0.00139. The van der Waals surface area contributed by atoms with E-state index in [1.807, 2.05) is 0 Å². The molecule has 9 nitrogen and oxygen atoms in total. The normalized spacial score (nSPS) is 13.5. The molecule has 0 bridgehead atoms. The molecule has 2 rings (SSSR count). The van der Waals surface area contributed by atoms with Crippen LogP contribution in [0.3, 0.4) is 0 Å². The number of aromatic nitrogens is 2. The van der Waals surface area contributed by atoms with Crippen molar-refractivity contribution < 1.29 is 19.2 Å². The second-order valence-corrected chi connectivity index (χ2v) is 5.00. The molecule has 1 unspecified atom stereocenters. The first-order valence-corrected chi connectivity index (χ1v) is 6.58. The quantitative estimate of drug-likeness (QED) is 0.576. The van der Waals surface area contributed by atoms with Gasteiger partial charge in [-0.3, -0.25) is 19.6 Å². The number of amides is 1. The highest BCUT2D eigenvalue weighted by molar-refractivity contribution is 5.75. The van der Waals surface area contributed by atoms with E-state index in [1.54, 1.807) is 12.1 Å². The number of rotatable bonds is 7. The molecule has 0 aliphatic heterocycles. The minimum Gasteiger partial charge on any atom is -0.466 e. The number of nitrogens with zero attached hydrogens (tertiary/aromatic N) is 3. The van der Waals surface area contributed by atoms with Crippen LogP contribution in [0.1, 0.15) is 19.1 Å². The zero-order valence-corrected chi connectivity index (χ0v) is 11.9. The Labute approximate surface area is 125 Å². The molecule has 0 aliphatic carbocycles. The Bertz CT molecular complexity index is 647. The maximum Gasteiger partial charge on any atom is 0.306 e. The van der Waals surface area contributed by atoms with E-state index in [4.69, 9.17) is 4.42 Å². The summed E-state index contributed by atoms with van der Waals surface area (Å²) in [5.74, 6) is 0.0560. The average molecular weight is 308 g/mol. The number of nitrogens with one attached hydrogen (secondary N) is 1. The predicted octanol–water partition coefficient (Wildman–Crippen LogP) is 0.798. The molecular weight excluding hydrogens is 292 g/mol. The maximum atomic E-state index is 11.7. The highest BCUT2D eigenvalue weighted by Crippen LogP contribution is 2.19. The smallest absolute Gasteiger partial charge is 0.306 e. The standard InChI is InChI=1S/C13H16N4O5/c1-13(19,11-3-2-6-22-11)9-14-12(18)4-5-16-8-10(7-15-16)17(20)21/h2-3,6-8,19H,4-5,9H2,1H3,(H,14,18). The summed E-state index contributed by atoms with van der Waals surface area (Å²) in [4.78, 5) is 21.7. The summed E-state index contributed by atoms with van der Waals surface area (Å²) in [5, 5.41) is 27.1. The fourth-order valence-corrected chi connectivity index (χ4v) is 1.82. The van der Waals surface area contributed by atoms with Crippen molar-refractivity contribution >= 4 is 11.6 Å². The molecule has 1 amide bonds. The van der Waals surface area contributed by atoms with Crippen LogP contribution in [0.25, 0.3) is 0 Å². The summed E-state index contributed by atoms with van der Waals surface area (Å²) in [5.41, 5.74) is -1.43. The Balaban J connectivity index is 1.79. The largest absolute Gasteiger partial charge is 0.466 e. The summed E-state index contributed by atoms with van der Waals surface area (Å²) < 4.78 is 6.43. The van der Waals surface area contributed by atoms with Gasteiger partial charge in [0.2, 0.25) is 5.91 Å². The van der Waals surface area contributed by atoms with E-state index in [-0.39, 0.29) is 31.1 Å². The van der Waals surface area contributed by atoms with Crippen molar-refractivity contribution in [3.8, 4) is 0 Å². The molecule has 2 aromatic rings. The Morgan fingerprint density at radius 2 is 2.41 bits per heavy atom. The lowest BCUT2D eigenvalue weighted by molar-refractivity contribution is -0.385. The van der Waals surface area contributed by atoms with E-state index < -0.39 is 10.5 Å². The molecule has 9 heteroatoms. The van der Waals surface area contributed by atoms with Gasteiger partial charge in [0.1, 0.15) is 23.8 Å². The van der Waals surface area contributed by atoms with Crippen molar-refractivity contribution in [2.45, 2.75) is 25.5 Å². The van der Waals surface area contributed by atoms with Crippen LogP contribution >= 0.6 is 0 Å². The first-order valence-electron chi connectivity index (χ1n) is 6.58. The van der Waals surface area contributed by atoms with Crippen LogP contribution < -0.4 is 5.32 Å². The van der Waals surface area contributed by atoms with Crippen molar-refractivity contribution in [2.24, 2.45) is 0 Å². The highest BCUT2D eigenvalue weighted by atomic mass is 16.6.